The second kappa shape index (κ2) is 5.64. The molecule has 2 N–H and O–H groups in total. The Balaban J connectivity index is 2.17. The quantitative estimate of drug-likeness (QED) is 0.848. The van der Waals surface area contributed by atoms with Gasteiger partial charge in [-0.2, -0.15) is 13.2 Å². The average Bonchev–Trinajstić information content (AvgIpc) is 2.74. The zero-order valence-electron chi connectivity index (χ0n) is 9.75. The van der Waals surface area contributed by atoms with E-state index < -0.39 is 17.8 Å². The summed E-state index contributed by atoms with van der Waals surface area (Å²) in [5.74, 6) is 0. The minimum atomic E-state index is -4.33. The highest BCUT2D eigenvalue weighted by Crippen LogP contribution is 2.31. The summed E-state index contributed by atoms with van der Waals surface area (Å²) in [6, 6.07) is 6.68. The predicted molar refractivity (Wildman–Crippen MR) is 74.1 cm³/mol. The van der Waals surface area contributed by atoms with Crippen LogP contribution in [0.3, 0.4) is 0 Å². The molecule has 0 spiro atoms. The topological polar surface area (TPSA) is 26.0 Å². The summed E-state index contributed by atoms with van der Waals surface area (Å²) >= 11 is 4.87. The Hall–Kier alpha value is -0.850. The molecule has 0 radical (unpaired) electrons. The van der Waals surface area contributed by atoms with Gasteiger partial charge in [0.2, 0.25) is 0 Å². The van der Waals surface area contributed by atoms with Gasteiger partial charge in [-0.25, -0.2) is 0 Å². The van der Waals surface area contributed by atoms with Gasteiger partial charge >= 0.3 is 6.18 Å². The van der Waals surface area contributed by atoms with Crippen LogP contribution in [0.1, 0.15) is 22.0 Å². The fourth-order valence-electron chi connectivity index (χ4n) is 1.74. The SMILES string of the molecule is NC(Cc1cc(Br)cs1)c1cccc(C(F)(F)F)c1. The first kappa shape index (κ1) is 14.6. The number of hydrogen-bond donors (Lipinski definition) is 1. The van der Waals surface area contributed by atoms with Crippen LogP contribution in [0.4, 0.5) is 13.2 Å². The van der Waals surface area contributed by atoms with Crippen LogP contribution in [0.5, 0.6) is 0 Å². The van der Waals surface area contributed by atoms with Crippen molar-refractivity contribution in [1.82, 2.24) is 0 Å². The van der Waals surface area contributed by atoms with E-state index in [1.54, 1.807) is 6.07 Å². The summed E-state index contributed by atoms with van der Waals surface area (Å²) in [5.41, 5.74) is 5.81. The number of hydrogen-bond acceptors (Lipinski definition) is 2. The second-order valence-electron chi connectivity index (χ2n) is 4.17. The molecule has 0 aliphatic rings. The molecular formula is C13H11BrF3NS. The lowest BCUT2D eigenvalue weighted by molar-refractivity contribution is -0.137. The summed E-state index contributed by atoms with van der Waals surface area (Å²) in [4.78, 5) is 1.04. The van der Waals surface area contributed by atoms with Gasteiger partial charge in [0, 0.05) is 27.2 Å². The Labute approximate surface area is 121 Å². The van der Waals surface area contributed by atoms with Crippen molar-refractivity contribution in [2.24, 2.45) is 5.73 Å². The lowest BCUT2D eigenvalue weighted by Crippen LogP contribution is -2.14. The molecule has 0 saturated carbocycles. The van der Waals surface area contributed by atoms with Gasteiger partial charge in [0.05, 0.1) is 5.56 Å². The van der Waals surface area contributed by atoms with Crippen molar-refractivity contribution >= 4 is 27.3 Å². The Morgan fingerprint density at radius 3 is 2.58 bits per heavy atom. The van der Waals surface area contributed by atoms with Crippen LogP contribution in [0, 0.1) is 0 Å². The summed E-state index contributed by atoms with van der Waals surface area (Å²) in [6.45, 7) is 0. The number of rotatable bonds is 3. The minimum absolute atomic E-state index is 0.437. The predicted octanol–water partition coefficient (Wildman–Crippen LogP) is 4.77. The number of thiophene rings is 1. The van der Waals surface area contributed by atoms with E-state index >= 15 is 0 Å². The van der Waals surface area contributed by atoms with Crippen LogP contribution >= 0.6 is 27.3 Å². The van der Waals surface area contributed by atoms with Crippen molar-refractivity contribution in [3.63, 3.8) is 0 Å². The van der Waals surface area contributed by atoms with Gasteiger partial charge in [0.25, 0.3) is 0 Å². The van der Waals surface area contributed by atoms with E-state index in [4.69, 9.17) is 5.73 Å². The first-order valence-corrected chi connectivity index (χ1v) is 7.19. The Morgan fingerprint density at radius 1 is 1.26 bits per heavy atom. The highest BCUT2D eigenvalue weighted by molar-refractivity contribution is 9.10. The van der Waals surface area contributed by atoms with E-state index in [1.807, 2.05) is 11.4 Å². The first-order chi connectivity index (χ1) is 8.86. The summed E-state index contributed by atoms with van der Waals surface area (Å²) in [6.07, 6.45) is -3.81. The lowest BCUT2D eigenvalue weighted by atomic mass is 10.0. The fraction of sp³-hybridized carbons (Fsp3) is 0.231. The number of halogens is 4. The van der Waals surface area contributed by atoms with Gasteiger partial charge in [0.15, 0.2) is 0 Å². The van der Waals surface area contributed by atoms with Gasteiger partial charge in [0.1, 0.15) is 0 Å². The maximum absolute atomic E-state index is 12.6. The van der Waals surface area contributed by atoms with E-state index in [9.17, 15) is 13.2 Å². The maximum atomic E-state index is 12.6. The van der Waals surface area contributed by atoms with Gasteiger partial charge in [-0.05, 0) is 39.7 Å². The molecule has 1 unspecified atom stereocenters. The highest BCUT2D eigenvalue weighted by Gasteiger charge is 2.30. The molecule has 6 heteroatoms. The van der Waals surface area contributed by atoms with Crippen molar-refractivity contribution in [2.45, 2.75) is 18.6 Å². The molecule has 1 aromatic carbocycles. The van der Waals surface area contributed by atoms with Crippen molar-refractivity contribution < 1.29 is 13.2 Å². The van der Waals surface area contributed by atoms with E-state index in [-0.39, 0.29) is 0 Å². The zero-order valence-corrected chi connectivity index (χ0v) is 12.1. The van der Waals surface area contributed by atoms with Crippen LogP contribution < -0.4 is 5.73 Å². The smallest absolute Gasteiger partial charge is 0.324 e. The normalized spacial score (nSPS) is 13.5. The standard InChI is InChI=1S/C13H11BrF3NS/c14-10-5-11(19-7-10)6-12(18)8-2-1-3-9(4-8)13(15,16)17/h1-5,7,12H,6,18H2. The average molecular weight is 350 g/mol. The molecule has 1 heterocycles. The Bertz CT molecular complexity index is 565. The number of nitrogens with two attached hydrogens (primary N) is 1. The molecule has 0 bridgehead atoms. The molecule has 2 aromatic rings. The molecule has 1 aromatic heterocycles. The van der Waals surface area contributed by atoms with Gasteiger partial charge < -0.3 is 5.73 Å². The van der Waals surface area contributed by atoms with E-state index in [0.29, 0.717) is 12.0 Å². The van der Waals surface area contributed by atoms with Crippen molar-refractivity contribution in [3.8, 4) is 0 Å². The summed E-state index contributed by atoms with van der Waals surface area (Å²) in [5, 5.41) is 1.92. The molecule has 102 valence electrons. The lowest BCUT2D eigenvalue weighted by Gasteiger charge is -2.13. The maximum Gasteiger partial charge on any atom is 0.416 e. The Kier molecular flexibility index (Phi) is 4.32. The minimum Gasteiger partial charge on any atom is -0.324 e. The van der Waals surface area contributed by atoms with E-state index in [2.05, 4.69) is 15.9 Å². The number of benzene rings is 1. The molecule has 0 aliphatic carbocycles. The monoisotopic (exact) mass is 349 g/mol. The van der Waals surface area contributed by atoms with E-state index in [0.717, 1.165) is 21.5 Å². The third-order valence-electron chi connectivity index (χ3n) is 2.68. The van der Waals surface area contributed by atoms with E-state index in [1.165, 1.54) is 17.4 Å². The van der Waals surface area contributed by atoms with Crippen molar-refractivity contribution in [1.29, 1.82) is 0 Å². The van der Waals surface area contributed by atoms with Gasteiger partial charge in [-0.1, -0.05) is 12.1 Å². The zero-order chi connectivity index (χ0) is 14.0. The van der Waals surface area contributed by atoms with Crippen LogP contribution in [-0.2, 0) is 12.6 Å². The molecular weight excluding hydrogens is 339 g/mol. The second-order valence-corrected chi connectivity index (χ2v) is 6.08. The van der Waals surface area contributed by atoms with Gasteiger partial charge in [-0.3, -0.25) is 0 Å². The van der Waals surface area contributed by atoms with Crippen molar-refractivity contribution in [3.05, 3.63) is 56.2 Å². The van der Waals surface area contributed by atoms with Crippen LogP contribution in [0.15, 0.2) is 40.2 Å². The first-order valence-electron chi connectivity index (χ1n) is 5.52. The molecule has 0 fully saturated rings. The van der Waals surface area contributed by atoms with Gasteiger partial charge in [-0.15, -0.1) is 11.3 Å². The van der Waals surface area contributed by atoms with Crippen LogP contribution in [0.25, 0.3) is 0 Å². The molecule has 0 saturated heterocycles. The van der Waals surface area contributed by atoms with Crippen LogP contribution in [0.2, 0.25) is 0 Å². The highest BCUT2D eigenvalue weighted by atomic mass is 79.9. The molecule has 0 amide bonds. The van der Waals surface area contributed by atoms with Crippen LogP contribution in [-0.4, -0.2) is 0 Å². The Morgan fingerprint density at radius 2 is 2.00 bits per heavy atom. The summed E-state index contributed by atoms with van der Waals surface area (Å²) < 4.78 is 38.8. The molecule has 2 rings (SSSR count). The molecule has 19 heavy (non-hydrogen) atoms. The van der Waals surface area contributed by atoms with Crippen molar-refractivity contribution in [2.75, 3.05) is 0 Å². The third kappa shape index (κ3) is 3.81. The number of alkyl halides is 3. The third-order valence-corrected chi connectivity index (χ3v) is 4.40. The molecule has 0 aliphatic heterocycles. The summed E-state index contributed by atoms with van der Waals surface area (Å²) in [7, 11) is 0. The molecule has 1 atom stereocenters. The molecule has 1 nitrogen and oxygen atoms in total. The fourth-order valence-corrected chi connectivity index (χ4v) is 3.25. The largest absolute Gasteiger partial charge is 0.416 e.